The molecule has 2 rings (SSSR count). The quantitative estimate of drug-likeness (QED) is 0.711. The minimum absolute atomic E-state index is 0.239. The first-order valence-corrected chi connectivity index (χ1v) is 9.05. The lowest BCUT2D eigenvalue weighted by Crippen LogP contribution is -2.30. The van der Waals surface area contributed by atoms with Crippen LogP contribution in [0.3, 0.4) is 0 Å². The Morgan fingerprint density at radius 3 is 2.64 bits per heavy atom. The molecule has 2 aromatic rings. The molecular weight excluding hydrogens is 362 g/mol. The Morgan fingerprint density at radius 1 is 1.28 bits per heavy atom. The van der Waals surface area contributed by atoms with Gasteiger partial charge in [-0.25, -0.2) is 0 Å². The Balaban J connectivity index is 2.29. The van der Waals surface area contributed by atoms with Crippen LogP contribution in [-0.4, -0.2) is 30.3 Å². The van der Waals surface area contributed by atoms with E-state index in [1.165, 1.54) is 11.8 Å². The van der Waals surface area contributed by atoms with Gasteiger partial charge in [-0.15, -0.1) is 11.8 Å². The van der Waals surface area contributed by atoms with Crippen molar-refractivity contribution in [1.82, 2.24) is 5.32 Å². The predicted molar refractivity (Wildman–Crippen MR) is 98.7 cm³/mol. The van der Waals surface area contributed by atoms with Gasteiger partial charge >= 0.3 is 5.97 Å². The lowest BCUT2D eigenvalue weighted by Gasteiger charge is -2.19. The molecule has 0 aliphatic rings. The summed E-state index contributed by atoms with van der Waals surface area (Å²) in [6, 6.07) is 11.3. The van der Waals surface area contributed by atoms with Gasteiger partial charge in [-0.05, 0) is 42.2 Å². The maximum atomic E-state index is 12.7. The fourth-order valence-corrected chi connectivity index (χ4v) is 3.19. The zero-order chi connectivity index (χ0) is 18.4. The van der Waals surface area contributed by atoms with E-state index >= 15 is 0 Å². The van der Waals surface area contributed by atoms with Gasteiger partial charge in [0.05, 0.1) is 25.1 Å². The topological polar surface area (TPSA) is 75.6 Å². The minimum atomic E-state index is -1.01. The maximum Gasteiger partial charge on any atom is 0.305 e. The molecule has 0 aliphatic heterocycles. The summed E-state index contributed by atoms with van der Waals surface area (Å²) >= 11 is 7.40. The van der Waals surface area contributed by atoms with E-state index in [0.29, 0.717) is 21.9 Å². The number of nitrogens with one attached hydrogen (secondary N) is 1. The zero-order valence-corrected chi connectivity index (χ0v) is 15.4. The smallest absolute Gasteiger partial charge is 0.305 e. The van der Waals surface area contributed by atoms with Gasteiger partial charge in [0.2, 0.25) is 0 Å². The Bertz CT molecular complexity index is 781. The summed E-state index contributed by atoms with van der Waals surface area (Å²) in [5.74, 6) is -0.707. The van der Waals surface area contributed by atoms with Crippen LogP contribution in [-0.2, 0) is 4.79 Å². The second kappa shape index (κ2) is 8.78. The number of ether oxygens (including phenoxy) is 1. The molecule has 0 aromatic heterocycles. The van der Waals surface area contributed by atoms with Gasteiger partial charge in [0.15, 0.2) is 0 Å². The van der Waals surface area contributed by atoms with Gasteiger partial charge in [0.25, 0.3) is 5.91 Å². The summed E-state index contributed by atoms with van der Waals surface area (Å²) in [5, 5.41) is 12.4. The van der Waals surface area contributed by atoms with E-state index in [4.69, 9.17) is 21.4 Å². The van der Waals surface area contributed by atoms with Gasteiger partial charge in [-0.3, -0.25) is 9.59 Å². The molecule has 2 aromatic carbocycles. The number of carbonyl (C=O) groups is 2. The van der Waals surface area contributed by atoms with E-state index in [1.54, 1.807) is 49.6 Å². The van der Waals surface area contributed by atoms with Crippen LogP contribution in [0.1, 0.15) is 28.4 Å². The largest absolute Gasteiger partial charge is 0.497 e. The molecule has 0 heterocycles. The molecule has 25 heavy (non-hydrogen) atoms. The molecule has 1 atom stereocenters. The van der Waals surface area contributed by atoms with E-state index in [1.807, 2.05) is 6.26 Å². The number of thioether (sulfide) groups is 1. The number of amides is 1. The number of halogens is 1. The summed E-state index contributed by atoms with van der Waals surface area (Å²) in [6.45, 7) is 0. The lowest BCUT2D eigenvalue weighted by atomic mass is 10.0. The highest BCUT2D eigenvalue weighted by Crippen LogP contribution is 2.27. The average Bonchev–Trinajstić information content (AvgIpc) is 2.60. The predicted octanol–water partition coefficient (Wildman–Crippen LogP) is 4.02. The van der Waals surface area contributed by atoms with E-state index in [9.17, 15) is 9.59 Å². The number of hydrogen-bond acceptors (Lipinski definition) is 4. The van der Waals surface area contributed by atoms with Crippen LogP contribution in [0.25, 0.3) is 0 Å². The first kappa shape index (κ1) is 19.1. The van der Waals surface area contributed by atoms with Gasteiger partial charge in [0.1, 0.15) is 5.75 Å². The zero-order valence-electron chi connectivity index (χ0n) is 13.8. The van der Waals surface area contributed by atoms with E-state index in [2.05, 4.69) is 5.32 Å². The van der Waals surface area contributed by atoms with Crippen molar-refractivity contribution in [1.29, 1.82) is 0 Å². The number of carbonyl (C=O) groups excluding carboxylic acids is 1. The third kappa shape index (κ3) is 5.14. The summed E-state index contributed by atoms with van der Waals surface area (Å²) in [4.78, 5) is 24.6. The molecular formula is C18H18ClNO4S. The number of methoxy groups -OCH3 is 1. The molecule has 5 nitrogen and oxygen atoms in total. The summed E-state index contributed by atoms with van der Waals surface area (Å²) in [5.41, 5.74) is 1.10. The second-order valence-corrected chi connectivity index (χ2v) is 6.53. The standard InChI is InChI=1S/C18H18ClNO4S/c1-24-13-6-7-14(16(9-13)25-2)18(23)20-15(10-17(21)22)11-4-3-5-12(19)8-11/h3-9,15H,10H2,1-2H3,(H,20,23)(H,21,22)/t15-/m0/s1. The van der Waals surface area contributed by atoms with E-state index < -0.39 is 12.0 Å². The highest BCUT2D eigenvalue weighted by Gasteiger charge is 2.21. The van der Waals surface area contributed by atoms with Crippen molar-refractivity contribution in [3.05, 3.63) is 58.6 Å². The molecule has 0 radical (unpaired) electrons. The van der Waals surface area contributed by atoms with Crippen molar-refractivity contribution < 1.29 is 19.4 Å². The third-order valence-electron chi connectivity index (χ3n) is 3.59. The minimum Gasteiger partial charge on any atom is -0.497 e. The molecule has 7 heteroatoms. The number of aliphatic carboxylic acids is 1. The van der Waals surface area contributed by atoms with Gasteiger partial charge < -0.3 is 15.2 Å². The molecule has 0 aliphatic carbocycles. The molecule has 2 N–H and O–H groups in total. The van der Waals surface area contributed by atoms with Crippen molar-refractivity contribution in [2.75, 3.05) is 13.4 Å². The number of carboxylic acid groups (broad SMARTS) is 1. The van der Waals surface area contributed by atoms with Crippen LogP contribution in [0.5, 0.6) is 5.75 Å². The van der Waals surface area contributed by atoms with Crippen molar-refractivity contribution >= 4 is 35.2 Å². The van der Waals surface area contributed by atoms with Crippen LogP contribution in [0.15, 0.2) is 47.4 Å². The fourth-order valence-electron chi connectivity index (χ4n) is 2.37. The van der Waals surface area contributed by atoms with Gasteiger partial charge in [-0.2, -0.15) is 0 Å². The number of carboxylic acids is 1. The molecule has 0 unspecified atom stereocenters. The van der Waals surface area contributed by atoms with Gasteiger partial charge in [-0.1, -0.05) is 23.7 Å². The second-order valence-electron chi connectivity index (χ2n) is 5.25. The summed E-state index contributed by atoms with van der Waals surface area (Å²) in [7, 11) is 1.56. The first-order valence-electron chi connectivity index (χ1n) is 7.44. The van der Waals surface area contributed by atoms with Crippen LogP contribution in [0, 0.1) is 0 Å². The SMILES string of the molecule is COc1ccc(C(=O)N[C@@H](CC(=O)O)c2cccc(Cl)c2)c(SC)c1. The van der Waals surface area contributed by atoms with E-state index in [0.717, 1.165) is 4.90 Å². The highest BCUT2D eigenvalue weighted by molar-refractivity contribution is 7.98. The van der Waals surface area contributed by atoms with Crippen molar-refractivity contribution in [2.45, 2.75) is 17.4 Å². The first-order chi connectivity index (χ1) is 11.9. The molecule has 132 valence electrons. The van der Waals surface area contributed by atoms with E-state index in [-0.39, 0.29) is 12.3 Å². The Hall–Kier alpha value is -2.18. The molecule has 1 amide bonds. The maximum absolute atomic E-state index is 12.7. The number of rotatable bonds is 7. The molecule has 0 bridgehead atoms. The fraction of sp³-hybridized carbons (Fsp3) is 0.222. The van der Waals surface area contributed by atoms with Crippen LogP contribution < -0.4 is 10.1 Å². The van der Waals surface area contributed by atoms with Crippen molar-refractivity contribution in [3.8, 4) is 5.75 Å². The monoisotopic (exact) mass is 379 g/mol. The van der Waals surface area contributed by atoms with Crippen LogP contribution >= 0.6 is 23.4 Å². The van der Waals surface area contributed by atoms with Crippen molar-refractivity contribution in [3.63, 3.8) is 0 Å². The Kier molecular flexibility index (Phi) is 6.73. The molecule has 0 saturated carbocycles. The number of hydrogen-bond donors (Lipinski definition) is 2. The summed E-state index contributed by atoms with van der Waals surface area (Å²) < 4.78 is 5.17. The Labute approximate surface area is 155 Å². The van der Waals surface area contributed by atoms with Crippen LogP contribution in [0.4, 0.5) is 0 Å². The summed E-state index contributed by atoms with van der Waals surface area (Å²) in [6.07, 6.45) is 1.62. The average molecular weight is 380 g/mol. The number of benzene rings is 2. The van der Waals surface area contributed by atoms with Gasteiger partial charge in [0, 0.05) is 9.92 Å². The third-order valence-corrected chi connectivity index (χ3v) is 4.60. The van der Waals surface area contributed by atoms with Crippen molar-refractivity contribution in [2.24, 2.45) is 0 Å². The molecule has 0 fully saturated rings. The Morgan fingerprint density at radius 2 is 2.04 bits per heavy atom. The van der Waals surface area contributed by atoms with Crippen LogP contribution in [0.2, 0.25) is 5.02 Å². The lowest BCUT2D eigenvalue weighted by molar-refractivity contribution is -0.137. The molecule has 0 saturated heterocycles. The molecule has 0 spiro atoms. The highest BCUT2D eigenvalue weighted by atomic mass is 35.5. The normalized spacial score (nSPS) is 11.6.